The fourth-order valence-electron chi connectivity index (χ4n) is 6.09. The minimum atomic E-state index is -0.532. The van der Waals surface area contributed by atoms with Gasteiger partial charge in [-0.05, 0) is 117 Å². The van der Waals surface area contributed by atoms with Crippen molar-refractivity contribution in [1.29, 1.82) is 0 Å². The number of Topliss-reactive ketones (excluding diaryl/α,β-unsaturated/α-hetero) is 3. The Morgan fingerprint density at radius 3 is 2.06 bits per heavy atom. The summed E-state index contributed by atoms with van der Waals surface area (Å²) < 4.78 is 0. The number of hydrogen-bond acceptors (Lipinski definition) is 9. The van der Waals surface area contributed by atoms with Crippen molar-refractivity contribution in [1.82, 2.24) is 14.8 Å². The lowest BCUT2D eigenvalue weighted by molar-refractivity contribution is -0.129. The molecule has 0 unspecified atom stereocenters. The van der Waals surface area contributed by atoms with Gasteiger partial charge in [0.15, 0.2) is 0 Å². The number of amides is 2. The minimum Gasteiger partial charge on any atom is -0.330 e. The predicted octanol–water partition coefficient (Wildman–Crippen LogP) is 5.33. The van der Waals surface area contributed by atoms with E-state index >= 15 is 0 Å². The normalized spacial score (nSPS) is 14.6. The number of nitrogens with zero attached hydrogens (tertiary/aromatic N) is 4. The number of anilines is 2. The monoisotopic (exact) mass is 694 g/mol. The molecule has 0 atom stereocenters. The number of pyridine rings is 1. The molecular formula is C40H50N6O5. The van der Waals surface area contributed by atoms with Gasteiger partial charge in [-0.15, -0.1) is 0 Å². The van der Waals surface area contributed by atoms with Crippen molar-refractivity contribution in [2.45, 2.75) is 52.4 Å². The first-order valence-corrected chi connectivity index (χ1v) is 17.4. The highest BCUT2D eigenvalue weighted by molar-refractivity contribution is 6.51. The van der Waals surface area contributed by atoms with E-state index in [-0.39, 0.29) is 23.9 Å². The summed E-state index contributed by atoms with van der Waals surface area (Å²) in [5.74, 6) is -0.634. The molecule has 1 saturated carbocycles. The maximum absolute atomic E-state index is 13.2. The van der Waals surface area contributed by atoms with Gasteiger partial charge in [-0.3, -0.25) is 24.0 Å². The van der Waals surface area contributed by atoms with Crippen LogP contribution in [0.1, 0.15) is 70.4 Å². The van der Waals surface area contributed by atoms with E-state index in [2.05, 4.69) is 56.3 Å². The molecule has 0 saturated heterocycles. The van der Waals surface area contributed by atoms with Crippen LogP contribution in [0.2, 0.25) is 0 Å². The Bertz CT molecular complexity index is 1920. The minimum absolute atomic E-state index is 0.109. The number of rotatable bonds is 7. The van der Waals surface area contributed by atoms with Gasteiger partial charge in [0.05, 0.1) is 40.0 Å². The quantitative estimate of drug-likeness (QED) is 0.149. The average Bonchev–Trinajstić information content (AvgIpc) is 3.53. The van der Waals surface area contributed by atoms with Crippen LogP contribution in [0.25, 0.3) is 21.8 Å². The van der Waals surface area contributed by atoms with Crippen LogP contribution in [0.3, 0.4) is 0 Å². The largest absolute Gasteiger partial charge is 0.330 e. The first-order valence-electron chi connectivity index (χ1n) is 17.4. The summed E-state index contributed by atoms with van der Waals surface area (Å²) >= 11 is 0. The molecule has 3 N–H and O–H groups in total. The number of fused-ring (bicyclic) bond motifs is 3. The second-order valence-corrected chi connectivity index (χ2v) is 13.7. The maximum atomic E-state index is 13.2. The van der Waals surface area contributed by atoms with Gasteiger partial charge >= 0.3 is 0 Å². The number of carbonyl (C=O) groups is 5. The summed E-state index contributed by atoms with van der Waals surface area (Å²) in [5.41, 5.74) is 12.1. The van der Waals surface area contributed by atoms with Gasteiger partial charge in [-0.2, -0.15) is 0 Å². The third-order valence-electron chi connectivity index (χ3n) is 8.66. The average molecular weight is 695 g/mol. The van der Waals surface area contributed by atoms with Crippen molar-refractivity contribution in [3.05, 3.63) is 76.9 Å². The van der Waals surface area contributed by atoms with Crippen LogP contribution in [0.15, 0.2) is 54.6 Å². The Morgan fingerprint density at radius 2 is 1.45 bits per heavy atom. The Hall–Kier alpha value is -4.84. The highest BCUT2D eigenvalue weighted by atomic mass is 16.2. The molecule has 0 bridgehead atoms. The van der Waals surface area contributed by atoms with Gasteiger partial charge in [0, 0.05) is 30.2 Å². The van der Waals surface area contributed by atoms with E-state index in [0.717, 1.165) is 89.6 Å². The van der Waals surface area contributed by atoms with Gasteiger partial charge in [-0.1, -0.05) is 29.3 Å². The SMILES string of the molecule is CN(C)CCCN.Cc1ccc2c(c1)C(=O)C(=O)N2.Cc1ccc2nc3cccc4c3c(c2c1)C(=O)N4CCCN(C)C.O=C1CCCC(=O)C1. The van der Waals surface area contributed by atoms with Gasteiger partial charge < -0.3 is 25.8 Å². The van der Waals surface area contributed by atoms with Crippen LogP contribution in [0.5, 0.6) is 0 Å². The van der Waals surface area contributed by atoms with E-state index in [0.29, 0.717) is 24.1 Å². The van der Waals surface area contributed by atoms with E-state index in [4.69, 9.17) is 10.7 Å². The van der Waals surface area contributed by atoms with Crippen LogP contribution in [0.4, 0.5) is 11.4 Å². The van der Waals surface area contributed by atoms with Crippen molar-refractivity contribution in [2.75, 3.05) is 64.6 Å². The molecule has 4 aromatic rings. The molecule has 270 valence electrons. The summed E-state index contributed by atoms with van der Waals surface area (Å²) in [7, 11) is 8.22. The van der Waals surface area contributed by atoms with Crippen LogP contribution in [-0.4, -0.2) is 98.3 Å². The standard InChI is InChI=1S/C20H21N3O.C9H7NO2.C6H8O2.C5H14N2/c1-13-8-9-15-14(12-13)18-19-16(21-15)6-4-7-17(19)23(20(18)24)11-5-10-22(2)3;1-5-2-3-7-6(4-5)8(11)9(12)10-7;7-5-2-1-3-6(8)4-5;1-7(2)5-3-4-6/h4,6-9,12H,5,10-11H2,1-3H3;2-4H,1H3,(H,10,11,12);1-4H2;3-6H2,1-2H3. The molecule has 51 heavy (non-hydrogen) atoms. The number of hydrogen-bond donors (Lipinski definition) is 2. The Kier molecular flexibility index (Phi) is 13.7. The third-order valence-corrected chi connectivity index (χ3v) is 8.66. The van der Waals surface area contributed by atoms with Gasteiger partial charge in [0.25, 0.3) is 17.6 Å². The molecule has 0 radical (unpaired) electrons. The first-order chi connectivity index (χ1) is 24.3. The van der Waals surface area contributed by atoms with Crippen molar-refractivity contribution < 1.29 is 24.0 Å². The molecule has 3 aromatic carbocycles. The van der Waals surface area contributed by atoms with E-state index in [1.165, 1.54) is 0 Å². The lowest BCUT2D eigenvalue weighted by Gasteiger charge is -2.19. The molecule has 3 heterocycles. The molecule has 2 aliphatic heterocycles. The zero-order valence-electron chi connectivity index (χ0n) is 30.7. The summed E-state index contributed by atoms with van der Waals surface area (Å²) in [5, 5.41) is 4.46. The number of aryl methyl sites for hydroxylation is 2. The lowest BCUT2D eigenvalue weighted by atomic mass is 9.98. The summed E-state index contributed by atoms with van der Waals surface area (Å²) in [4.78, 5) is 67.1. The topological polar surface area (TPSA) is 146 Å². The number of carbonyl (C=O) groups excluding carboxylic acids is 5. The van der Waals surface area contributed by atoms with Crippen molar-refractivity contribution >= 4 is 62.3 Å². The number of ketones is 3. The number of benzene rings is 3. The highest BCUT2D eigenvalue weighted by Gasteiger charge is 2.32. The summed E-state index contributed by atoms with van der Waals surface area (Å²) in [6.07, 6.45) is 4.26. The molecule has 3 aliphatic rings. The second-order valence-electron chi connectivity index (χ2n) is 13.7. The molecule has 11 nitrogen and oxygen atoms in total. The molecule has 1 aliphatic carbocycles. The van der Waals surface area contributed by atoms with Crippen LogP contribution in [-0.2, 0) is 14.4 Å². The Balaban J connectivity index is 0.000000179. The van der Waals surface area contributed by atoms with E-state index in [9.17, 15) is 24.0 Å². The van der Waals surface area contributed by atoms with E-state index in [1.807, 2.05) is 48.2 Å². The molecular weight excluding hydrogens is 644 g/mol. The molecule has 2 amide bonds. The third kappa shape index (κ3) is 10.1. The van der Waals surface area contributed by atoms with Crippen LogP contribution in [0, 0.1) is 13.8 Å². The maximum Gasteiger partial charge on any atom is 0.296 e. The van der Waals surface area contributed by atoms with E-state index in [1.54, 1.807) is 12.1 Å². The smallest absolute Gasteiger partial charge is 0.296 e. The molecule has 0 spiro atoms. The molecule has 11 heteroatoms. The molecule has 1 aromatic heterocycles. The zero-order valence-corrected chi connectivity index (χ0v) is 30.7. The Morgan fingerprint density at radius 1 is 0.804 bits per heavy atom. The number of nitrogens with one attached hydrogen (secondary N) is 1. The van der Waals surface area contributed by atoms with Crippen LogP contribution < -0.4 is 16.0 Å². The molecule has 7 rings (SSSR count). The predicted molar refractivity (Wildman–Crippen MR) is 204 cm³/mol. The van der Waals surface area contributed by atoms with Crippen molar-refractivity contribution in [3.63, 3.8) is 0 Å². The fourth-order valence-corrected chi connectivity index (χ4v) is 6.09. The molecule has 1 fully saturated rings. The second kappa shape index (κ2) is 17.9. The summed E-state index contributed by atoms with van der Waals surface area (Å²) in [6.45, 7) is 7.55. The van der Waals surface area contributed by atoms with Gasteiger partial charge in [0.2, 0.25) is 0 Å². The summed E-state index contributed by atoms with van der Waals surface area (Å²) in [6, 6.07) is 17.5. The van der Waals surface area contributed by atoms with Gasteiger partial charge in [-0.25, -0.2) is 4.98 Å². The van der Waals surface area contributed by atoms with Crippen molar-refractivity contribution in [3.8, 4) is 0 Å². The number of nitrogens with two attached hydrogens (primary N) is 1. The first kappa shape index (κ1) is 39.0. The zero-order chi connectivity index (χ0) is 37.2. The van der Waals surface area contributed by atoms with Crippen LogP contribution >= 0.6 is 0 Å². The highest BCUT2D eigenvalue weighted by Crippen LogP contribution is 2.40. The van der Waals surface area contributed by atoms with Crippen molar-refractivity contribution in [2.24, 2.45) is 5.73 Å². The fraction of sp³-hybridized carbons (Fsp3) is 0.400. The number of aromatic nitrogens is 1. The van der Waals surface area contributed by atoms with E-state index < -0.39 is 11.7 Å². The lowest BCUT2D eigenvalue weighted by Crippen LogP contribution is -2.30. The van der Waals surface area contributed by atoms with Gasteiger partial charge in [0.1, 0.15) is 11.6 Å². The Labute approximate surface area is 300 Å².